The van der Waals surface area contributed by atoms with Crippen molar-refractivity contribution in [2.75, 3.05) is 12.9 Å². The second kappa shape index (κ2) is 8.69. The van der Waals surface area contributed by atoms with Crippen LogP contribution in [0.3, 0.4) is 0 Å². The van der Waals surface area contributed by atoms with E-state index in [2.05, 4.69) is 33.7 Å². The Kier molecular flexibility index (Phi) is 5.85. The predicted octanol–water partition coefficient (Wildman–Crippen LogP) is 3.78. The highest BCUT2D eigenvalue weighted by molar-refractivity contribution is 7.99. The molecule has 1 amide bonds. The summed E-state index contributed by atoms with van der Waals surface area (Å²) in [6.45, 7) is 0. The maximum absolute atomic E-state index is 12.5. The van der Waals surface area contributed by atoms with E-state index in [1.807, 2.05) is 41.9 Å². The number of aryl methyl sites for hydroxylation is 1. The second-order valence-corrected chi connectivity index (χ2v) is 8.04. The summed E-state index contributed by atoms with van der Waals surface area (Å²) in [6.07, 6.45) is 3.17. The van der Waals surface area contributed by atoms with Gasteiger partial charge in [-0.2, -0.15) is 0 Å². The zero-order valence-corrected chi connectivity index (χ0v) is 17.4. The number of nitrogens with one attached hydrogen (secondary N) is 1. The monoisotopic (exact) mass is 408 g/mol. The van der Waals surface area contributed by atoms with Crippen molar-refractivity contribution in [1.82, 2.24) is 20.1 Å². The summed E-state index contributed by atoms with van der Waals surface area (Å²) in [5, 5.41) is 12.4. The van der Waals surface area contributed by atoms with Gasteiger partial charge in [0, 0.05) is 12.6 Å². The molecule has 1 aliphatic rings. The topological polar surface area (TPSA) is 69.0 Å². The third-order valence-corrected chi connectivity index (χ3v) is 6.24. The number of rotatable bonds is 6. The summed E-state index contributed by atoms with van der Waals surface area (Å²) in [6, 6.07) is 16.2. The van der Waals surface area contributed by atoms with E-state index in [0.717, 1.165) is 41.6 Å². The molecule has 0 saturated heterocycles. The summed E-state index contributed by atoms with van der Waals surface area (Å²) < 4.78 is 7.11. The molecule has 2 aromatic carbocycles. The van der Waals surface area contributed by atoms with Crippen molar-refractivity contribution in [3.8, 4) is 17.1 Å². The lowest BCUT2D eigenvalue weighted by Gasteiger charge is -2.26. The molecule has 1 heterocycles. The van der Waals surface area contributed by atoms with Crippen LogP contribution in [0.1, 0.15) is 30.0 Å². The number of carbonyl (C=O) groups excluding carboxylic acids is 1. The van der Waals surface area contributed by atoms with Crippen molar-refractivity contribution in [3.63, 3.8) is 0 Å². The number of ether oxygens (including phenoxy) is 1. The number of thioether (sulfide) groups is 1. The average Bonchev–Trinajstić information content (AvgIpc) is 3.13. The van der Waals surface area contributed by atoms with Crippen LogP contribution in [0.5, 0.6) is 5.75 Å². The number of aromatic nitrogens is 3. The van der Waals surface area contributed by atoms with Crippen LogP contribution in [0.4, 0.5) is 0 Å². The van der Waals surface area contributed by atoms with Crippen LogP contribution in [0.2, 0.25) is 0 Å². The molecule has 0 fully saturated rings. The molecule has 4 rings (SSSR count). The van der Waals surface area contributed by atoms with Gasteiger partial charge in [0.05, 0.1) is 18.9 Å². The van der Waals surface area contributed by atoms with Gasteiger partial charge in [0.25, 0.3) is 0 Å². The standard InChI is InChI=1S/C22H24N4O2S/c1-26-21(16-10-12-17(28-2)13-11-16)24-25-22(26)29-14-20(27)23-19-9-5-7-15-6-3-4-8-18(15)19/h3-4,6,8,10-13,19H,5,7,9,14H2,1-2H3,(H,23,27). The molecule has 29 heavy (non-hydrogen) atoms. The van der Waals surface area contributed by atoms with Gasteiger partial charge in [-0.1, -0.05) is 36.0 Å². The zero-order valence-electron chi connectivity index (χ0n) is 16.6. The number of nitrogens with zero attached hydrogens (tertiary/aromatic N) is 3. The van der Waals surface area contributed by atoms with E-state index in [0.29, 0.717) is 5.75 Å². The molecule has 0 spiro atoms. The maximum Gasteiger partial charge on any atom is 0.230 e. The van der Waals surface area contributed by atoms with E-state index in [1.165, 1.54) is 22.9 Å². The van der Waals surface area contributed by atoms with Gasteiger partial charge in [0.1, 0.15) is 5.75 Å². The minimum atomic E-state index is 0.0192. The molecule has 3 aromatic rings. The van der Waals surface area contributed by atoms with Gasteiger partial charge in [0.15, 0.2) is 11.0 Å². The van der Waals surface area contributed by atoms with E-state index in [1.54, 1.807) is 7.11 Å². The lowest BCUT2D eigenvalue weighted by molar-refractivity contribution is -0.119. The van der Waals surface area contributed by atoms with Crippen LogP contribution in [0.15, 0.2) is 53.7 Å². The number of hydrogen-bond donors (Lipinski definition) is 1. The molecule has 1 atom stereocenters. The van der Waals surface area contributed by atoms with Crippen LogP contribution in [-0.4, -0.2) is 33.5 Å². The smallest absolute Gasteiger partial charge is 0.230 e. The summed E-state index contributed by atoms with van der Waals surface area (Å²) in [4.78, 5) is 12.5. The minimum Gasteiger partial charge on any atom is -0.497 e. The highest BCUT2D eigenvalue weighted by Gasteiger charge is 2.21. The van der Waals surface area contributed by atoms with Crippen molar-refractivity contribution in [3.05, 3.63) is 59.7 Å². The Labute approximate surface area is 174 Å². The molecule has 0 bridgehead atoms. The first kappa shape index (κ1) is 19.5. The molecule has 0 saturated carbocycles. The van der Waals surface area contributed by atoms with Crippen molar-refractivity contribution in [2.45, 2.75) is 30.5 Å². The fourth-order valence-electron chi connectivity index (χ4n) is 3.70. The van der Waals surface area contributed by atoms with Crippen LogP contribution < -0.4 is 10.1 Å². The molecule has 1 aliphatic carbocycles. The molecule has 150 valence electrons. The van der Waals surface area contributed by atoms with Gasteiger partial charge in [-0.15, -0.1) is 10.2 Å². The average molecular weight is 409 g/mol. The highest BCUT2D eigenvalue weighted by Crippen LogP contribution is 2.30. The molecular formula is C22H24N4O2S. The Morgan fingerprint density at radius 2 is 2.00 bits per heavy atom. The van der Waals surface area contributed by atoms with Crippen LogP contribution in [-0.2, 0) is 18.3 Å². The number of methoxy groups -OCH3 is 1. The Balaban J connectivity index is 1.38. The lowest BCUT2D eigenvalue weighted by Crippen LogP contribution is -2.32. The summed E-state index contributed by atoms with van der Waals surface area (Å²) >= 11 is 1.40. The summed E-state index contributed by atoms with van der Waals surface area (Å²) in [5.74, 6) is 1.89. The molecule has 7 heteroatoms. The van der Waals surface area contributed by atoms with Crippen LogP contribution in [0, 0.1) is 0 Å². The SMILES string of the molecule is COc1ccc(-c2nnc(SCC(=O)NC3CCCc4ccccc43)n2C)cc1. The number of fused-ring (bicyclic) bond motifs is 1. The van der Waals surface area contributed by atoms with E-state index >= 15 is 0 Å². The second-order valence-electron chi connectivity index (χ2n) is 7.09. The summed E-state index contributed by atoms with van der Waals surface area (Å²) in [7, 11) is 3.56. The van der Waals surface area contributed by atoms with Crippen molar-refractivity contribution >= 4 is 17.7 Å². The van der Waals surface area contributed by atoms with E-state index in [4.69, 9.17) is 4.74 Å². The summed E-state index contributed by atoms with van der Waals surface area (Å²) in [5.41, 5.74) is 3.54. The molecule has 1 aromatic heterocycles. The molecule has 1 unspecified atom stereocenters. The quantitative estimate of drug-likeness (QED) is 0.629. The molecule has 0 aliphatic heterocycles. The molecular weight excluding hydrogens is 384 g/mol. The van der Waals surface area contributed by atoms with E-state index in [-0.39, 0.29) is 11.9 Å². The van der Waals surface area contributed by atoms with Crippen molar-refractivity contribution in [1.29, 1.82) is 0 Å². The van der Waals surface area contributed by atoms with Gasteiger partial charge >= 0.3 is 0 Å². The normalized spacial score (nSPS) is 15.6. The first-order valence-electron chi connectivity index (χ1n) is 9.69. The fourth-order valence-corrected chi connectivity index (χ4v) is 4.42. The van der Waals surface area contributed by atoms with Gasteiger partial charge < -0.3 is 14.6 Å². The highest BCUT2D eigenvalue weighted by atomic mass is 32.2. The molecule has 6 nitrogen and oxygen atoms in total. The minimum absolute atomic E-state index is 0.0192. The van der Waals surface area contributed by atoms with Crippen molar-refractivity contribution < 1.29 is 9.53 Å². The number of hydrogen-bond acceptors (Lipinski definition) is 5. The van der Waals surface area contributed by atoms with Gasteiger partial charge in [0.2, 0.25) is 5.91 Å². The Morgan fingerprint density at radius 3 is 2.79 bits per heavy atom. The Bertz CT molecular complexity index is 1000. The Hall–Kier alpha value is -2.80. The number of benzene rings is 2. The first-order chi connectivity index (χ1) is 14.2. The van der Waals surface area contributed by atoms with Gasteiger partial charge in [-0.3, -0.25) is 4.79 Å². The molecule has 1 N–H and O–H groups in total. The number of carbonyl (C=O) groups is 1. The first-order valence-corrected chi connectivity index (χ1v) is 10.7. The van der Waals surface area contributed by atoms with Gasteiger partial charge in [-0.05, 0) is 54.7 Å². The lowest BCUT2D eigenvalue weighted by atomic mass is 9.88. The Morgan fingerprint density at radius 1 is 1.21 bits per heavy atom. The third kappa shape index (κ3) is 4.29. The zero-order chi connectivity index (χ0) is 20.2. The van der Waals surface area contributed by atoms with Crippen LogP contribution in [0.25, 0.3) is 11.4 Å². The maximum atomic E-state index is 12.5. The van der Waals surface area contributed by atoms with Crippen LogP contribution >= 0.6 is 11.8 Å². The third-order valence-electron chi connectivity index (χ3n) is 5.22. The molecule has 0 radical (unpaired) electrons. The largest absolute Gasteiger partial charge is 0.497 e. The van der Waals surface area contributed by atoms with E-state index < -0.39 is 0 Å². The predicted molar refractivity (Wildman–Crippen MR) is 114 cm³/mol. The van der Waals surface area contributed by atoms with Gasteiger partial charge in [-0.25, -0.2) is 0 Å². The van der Waals surface area contributed by atoms with Crippen molar-refractivity contribution in [2.24, 2.45) is 7.05 Å². The fraction of sp³-hybridized carbons (Fsp3) is 0.318. The van der Waals surface area contributed by atoms with E-state index in [9.17, 15) is 4.79 Å². The number of amides is 1.